The summed E-state index contributed by atoms with van der Waals surface area (Å²) in [4.78, 5) is 12.6. The maximum absolute atomic E-state index is 14.2. The number of amides is 1. The first-order valence-corrected chi connectivity index (χ1v) is 8.67. The van der Waals surface area contributed by atoms with Crippen molar-refractivity contribution in [3.8, 4) is 5.69 Å². The first-order chi connectivity index (χ1) is 12.7. The lowest BCUT2D eigenvalue weighted by Gasteiger charge is -2.28. The predicted molar refractivity (Wildman–Crippen MR) is 92.6 cm³/mol. The molecule has 7 heteroatoms. The summed E-state index contributed by atoms with van der Waals surface area (Å²) in [6.07, 6.45) is 2.81. The second-order valence-electron chi connectivity index (χ2n) is 6.83. The minimum Gasteiger partial charge on any atom is -0.323 e. The van der Waals surface area contributed by atoms with E-state index < -0.39 is 5.82 Å². The minimum absolute atomic E-state index is 0.147. The molecule has 1 heterocycles. The maximum Gasteiger partial charge on any atom is 0.232 e. The number of carbonyl (C=O) groups is 1. The number of tetrazole rings is 1. The van der Waals surface area contributed by atoms with Crippen LogP contribution in [0.5, 0.6) is 0 Å². The molecule has 1 N–H and O–H groups in total. The standard InChI is InChI=1S/C19H16FN5O/c20-16-8-7-13(25-18(11-5-6-11)22-23-24-25)10-17(16)21-19(26)15-9-12-3-1-2-4-14(12)15/h1-4,7-8,10-11,15H,5-6,9H2,(H,21,26). The first kappa shape index (κ1) is 15.2. The van der Waals surface area contributed by atoms with Gasteiger partial charge in [-0.3, -0.25) is 4.79 Å². The summed E-state index contributed by atoms with van der Waals surface area (Å²) >= 11 is 0. The van der Waals surface area contributed by atoms with Crippen LogP contribution >= 0.6 is 0 Å². The van der Waals surface area contributed by atoms with Crippen molar-refractivity contribution in [1.82, 2.24) is 20.2 Å². The fourth-order valence-electron chi connectivity index (χ4n) is 3.43. The summed E-state index contributed by atoms with van der Waals surface area (Å²) in [5, 5.41) is 14.5. The molecule has 2 aromatic carbocycles. The quantitative estimate of drug-likeness (QED) is 0.786. The van der Waals surface area contributed by atoms with Gasteiger partial charge in [0.05, 0.1) is 17.3 Å². The van der Waals surface area contributed by atoms with Gasteiger partial charge in [-0.15, -0.1) is 5.10 Å². The Morgan fingerprint density at radius 3 is 2.85 bits per heavy atom. The molecule has 1 atom stereocenters. The van der Waals surface area contributed by atoms with E-state index in [1.807, 2.05) is 24.3 Å². The third-order valence-corrected chi connectivity index (χ3v) is 5.06. The average molecular weight is 349 g/mol. The molecule has 0 aliphatic heterocycles. The smallest absolute Gasteiger partial charge is 0.232 e. The molecule has 26 heavy (non-hydrogen) atoms. The van der Waals surface area contributed by atoms with Gasteiger partial charge in [-0.05, 0) is 59.0 Å². The molecular weight excluding hydrogens is 333 g/mol. The van der Waals surface area contributed by atoms with Crippen LogP contribution in [0.2, 0.25) is 0 Å². The van der Waals surface area contributed by atoms with E-state index in [9.17, 15) is 9.18 Å². The average Bonchev–Trinajstić information content (AvgIpc) is 3.35. The summed E-state index contributed by atoms with van der Waals surface area (Å²) < 4.78 is 15.9. The van der Waals surface area contributed by atoms with E-state index in [4.69, 9.17) is 0 Å². The summed E-state index contributed by atoms with van der Waals surface area (Å²) in [7, 11) is 0. The van der Waals surface area contributed by atoms with Crippen molar-refractivity contribution in [3.63, 3.8) is 0 Å². The van der Waals surface area contributed by atoms with Gasteiger partial charge < -0.3 is 5.32 Å². The number of nitrogens with zero attached hydrogens (tertiary/aromatic N) is 4. The van der Waals surface area contributed by atoms with Gasteiger partial charge in [0.25, 0.3) is 0 Å². The molecule has 6 nitrogen and oxygen atoms in total. The number of hydrogen-bond acceptors (Lipinski definition) is 4. The van der Waals surface area contributed by atoms with Crippen molar-refractivity contribution in [1.29, 1.82) is 0 Å². The number of hydrogen-bond donors (Lipinski definition) is 1. The molecule has 0 bridgehead atoms. The molecule has 0 radical (unpaired) electrons. The van der Waals surface area contributed by atoms with Crippen LogP contribution in [0.4, 0.5) is 10.1 Å². The monoisotopic (exact) mass is 349 g/mol. The molecule has 130 valence electrons. The van der Waals surface area contributed by atoms with E-state index in [1.54, 1.807) is 16.8 Å². The van der Waals surface area contributed by atoms with Crippen LogP contribution in [0.15, 0.2) is 42.5 Å². The van der Waals surface area contributed by atoms with E-state index in [0.29, 0.717) is 18.0 Å². The lowest BCUT2D eigenvalue weighted by Crippen LogP contribution is -2.30. The van der Waals surface area contributed by atoms with Crippen molar-refractivity contribution >= 4 is 11.6 Å². The molecule has 5 rings (SSSR count). The summed E-state index contributed by atoms with van der Waals surface area (Å²) in [6.45, 7) is 0. The van der Waals surface area contributed by atoms with Gasteiger partial charge in [-0.1, -0.05) is 24.3 Å². The van der Waals surface area contributed by atoms with E-state index >= 15 is 0 Å². The van der Waals surface area contributed by atoms with E-state index in [-0.39, 0.29) is 17.5 Å². The summed E-state index contributed by atoms with van der Waals surface area (Å²) in [5.74, 6) is 0.236. The second kappa shape index (κ2) is 5.72. The van der Waals surface area contributed by atoms with Crippen LogP contribution in [0.25, 0.3) is 5.69 Å². The zero-order chi connectivity index (χ0) is 17.7. The molecule has 1 unspecified atom stereocenters. The highest BCUT2D eigenvalue weighted by Crippen LogP contribution is 2.39. The Morgan fingerprint density at radius 1 is 1.19 bits per heavy atom. The molecule has 2 aliphatic carbocycles. The Bertz CT molecular complexity index is 1010. The lowest BCUT2D eigenvalue weighted by molar-refractivity contribution is -0.118. The molecule has 1 saturated carbocycles. The Balaban J connectivity index is 1.41. The third-order valence-electron chi connectivity index (χ3n) is 5.06. The molecule has 2 aliphatic rings. The number of fused-ring (bicyclic) bond motifs is 1. The summed E-state index contributed by atoms with van der Waals surface area (Å²) in [5.41, 5.74) is 2.97. The van der Waals surface area contributed by atoms with Crippen molar-refractivity contribution in [2.75, 3.05) is 5.32 Å². The third kappa shape index (κ3) is 2.47. The Labute approximate surface area is 149 Å². The molecule has 1 fully saturated rings. The number of rotatable bonds is 4. The SMILES string of the molecule is O=C(Nc1cc(-n2nnnc2C2CC2)ccc1F)C1Cc2ccccc21. The van der Waals surface area contributed by atoms with Crippen LogP contribution in [-0.2, 0) is 11.2 Å². The van der Waals surface area contributed by atoms with Gasteiger partial charge in [-0.2, -0.15) is 4.68 Å². The number of anilines is 1. The maximum atomic E-state index is 14.2. The van der Waals surface area contributed by atoms with E-state index in [0.717, 1.165) is 24.2 Å². The minimum atomic E-state index is -0.476. The summed E-state index contributed by atoms with van der Waals surface area (Å²) in [6, 6.07) is 12.4. The fourth-order valence-corrected chi connectivity index (χ4v) is 3.43. The van der Waals surface area contributed by atoms with Gasteiger partial charge in [0.2, 0.25) is 5.91 Å². The molecule has 0 spiro atoms. The number of carbonyl (C=O) groups excluding carboxylic acids is 1. The van der Waals surface area contributed by atoms with Crippen LogP contribution in [-0.4, -0.2) is 26.1 Å². The van der Waals surface area contributed by atoms with Crippen LogP contribution in [0.3, 0.4) is 0 Å². The van der Waals surface area contributed by atoms with Gasteiger partial charge in [0.15, 0.2) is 5.82 Å². The van der Waals surface area contributed by atoms with Gasteiger partial charge >= 0.3 is 0 Å². The second-order valence-corrected chi connectivity index (χ2v) is 6.83. The van der Waals surface area contributed by atoms with Gasteiger partial charge in [0, 0.05) is 5.92 Å². The number of benzene rings is 2. The highest BCUT2D eigenvalue weighted by atomic mass is 19.1. The lowest BCUT2D eigenvalue weighted by atomic mass is 9.77. The largest absolute Gasteiger partial charge is 0.323 e. The van der Waals surface area contributed by atoms with Gasteiger partial charge in [0.1, 0.15) is 5.82 Å². The van der Waals surface area contributed by atoms with Crippen LogP contribution in [0.1, 0.15) is 41.6 Å². The van der Waals surface area contributed by atoms with Crippen molar-refractivity contribution in [2.45, 2.75) is 31.1 Å². The van der Waals surface area contributed by atoms with Crippen LogP contribution < -0.4 is 5.32 Å². The number of aromatic nitrogens is 4. The van der Waals surface area contributed by atoms with Crippen molar-refractivity contribution < 1.29 is 9.18 Å². The topological polar surface area (TPSA) is 72.7 Å². The van der Waals surface area contributed by atoms with Crippen molar-refractivity contribution in [2.24, 2.45) is 0 Å². The predicted octanol–water partition coefficient (Wildman–Crippen LogP) is 2.96. The Kier molecular flexibility index (Phi) is 3.34. The molecule has 3 aromatic rings. The van der Waals surface area contributed by atoms with Gasteiger partial charge in [-0.25, -0.2) is 4.39 Å². The Morgan fingerprint density at radius 2 is 2.04 bits per heavy atom. The zero-order valence-corrected chi connectivity index (χ0v) is 13.9. The van der Waals surface area contributed by atoms with E-state index in [2.05, 4.69) is 20.8 Å². The highest BCUT2D eigenvalue weighted by molar-refractivity contribution is 5.98. The van der Waals surface area contributed by atoms with Crippen LogP contribution in [0, 0.1) is 5.82 Å². The van der Waals surface area contributed by atoms with E-state index in [1.165, 1.54) is 11.6 Å². The fraction of sp³-hybridized carbons (Fsp3) is 0.263. The number of nitrogens with one attached hydrogen (secondary N) is 1. The molecule has 0 saturated heterocycles. The number of halogens is 1. The molecule has 1 aromatic heterocycles. The Hall–Kier alpha value is -3.09. The zero-order valence-electron chi connectivity index (χ0n) is 13.9. The highest BCUT2D eigenvalue weighted by Gasteiger charge is 2.32. The van der Waals surface area contributed by atoms with Crippen molar-refractivity contribution in [3.05, 3.63) is 65.2 Å². The normalized spacial score (nSPS) is 18.1. The molecule has 1 amide bonds. The molecular formula is C19H16FN5O. The first-order valence-electron chi connectivity index (χ1n) is 8.67.